The second-order valence-corrected chi connectivity index (χ2v) is 5.62. The first-order valence-electron chi connectivity index (χ1n) is 5.97. The van der Waals surface area contributed by atoms with Crippen molar-refractivity contribution >= 4 is 33.8 Å². The van der Waals surface area contributed by atoms with E-state index in [1.54, 1.807) is 13.1 Å². The highest BCUT2D eigenvalue weighted by atomic mass is 32.1. The van der Waals surface area contributed by atoms with E-state index in [-0.39, 0.29) is 11.1 Å². The van der Waals surface area contributed by atoms with Gasteiger partial charge in [-0.2, -0.15) is 0 Å². The van der Waals surface area contributed by atoms with Crippen LogP contribution in [0.15, 0.2) is 18.3 Å². The fourth-order valence-electron chi connectivity index (χ4n) is 1.78. The van der Waals surface area contributed by atoms with E-state index >= 15 is 0 Å². The number of rotatable bonds is 4. The summed E-state index contributed by atoms with van der Waals surface area (Å²) in [4.78, 5) is 37.3. The third kappa shape index (κ3) is 3.06. The van der Waals surface area contributed by atoms with Crippen LogP contribution >= 0.6 is 11.3 Å². The Morgan fingerprint density at radius 2 is 1.73 bits per heavy atom. The van der Waals surface area contributed by atoms with Crippen molar-refractivity contribution in [3.63, 3.8) is 0 Å². The summed E-state index contributed by atoms with van der Waals surface area (Å²) in [5.41, 5.74) is -1.22. The molecule has 0 radical (unpaired) electrons. The van der Waals surface area contributed by atoms with Gasteiger partial charge in [0.15, 0.2) is 5.13 Å². The van der Waals surface area contributed by atoms with Gasteiger partial charge in [0.2, 0.25) is 0 Å². The first kappa shape index (κ1) is 15.5. The van der Waals surface area contributed by atoms with Crippen LogP contribution in [0.4, 0.5) is 16.5 Å². The summed E-state index contributed by atoms with van der Waals surface area (Å²) in [6, 6.07) is 2.02. The maximum absolute atomic E-state index is 12.1. The number of aromatic nitrogens is 1. The van der Waals surface area contributed by atoms with Crippen molar-refractivity contribution in [3.05, 3.63) is 54.6 Å². The molecule has 0 aliphatic heterocycles. The molecule has 0 fully saturated rings. The van der Waals surface area contributed by atoms with E-state index in [0.29, 0.717) is 5.13 Å². The van der Waals surface area contributed by atoms with Gasteiger partial charge in [-0.05, 0) is 13.8 Å². The van der Waals surface area contributed by atoms with Crippen LogP contribution in [0, 0.1) is 34.1 Å². The number of carbonyl (C=O) groups is 1. The topological polar surface area (TPSA) is 128 Å². The summed E-state index contributed by atoms with van der Waals surface area (Å²) in [7, 11) is 0. The molecule has 2 rings (SSSR count). The molecule has 0 bridgehead atoms. The number of anilines is 1. The number of nitrogens with zero attached hydrogens (tertiary/aromatic N) is 3. The van der Waals surface area contributed by atoms with Crippen molar-refractivity contribution in [2.45, 2.75) is 13.8 Å². The molecule has 2 aromatic rings. The Morgan fingerprint density at radius 3 is 2.14 bits per heavy atom. The minimum absolute atomic E-state index is 0.100. The summed E-state index contributed by atoms with van der Waals surface area (Å²) in [6.45, 7) is 3.07. The quantitative estimate of drug-likeness (QED) is 0.680. The number of hydrogen-bond acceptors (Lipinski definition) is 7. The SMILES string of the molecule is Cc1cnc(NC(=O)c2cc([N+](=O)[O-])c(C)c([N+](=O)[O-])c2)s1. The van der Waals surface area contributed by atoms with Gasteiger partial charge in [0.05, 0.1) is 15.4 Å². The van der Waals surface area contributed by atoms with E-state index in [0.717, 1.165) is 17.0 Å². The average molecular weight is 322 g/mol. The largest absolute Gasteiger partial charge is 0.298 e. The van der Waals surface area contributed by atoms with Crippen LogP contribution in [0.2, 0.25) is 0 Å². The van der Waals surface area contributed by atoms with Gasteiger partial charge in [0.1, 0.15) is 5.56 Å². The zero-order chi connectivity index (χ0) is 16.4. The van der Waals surface area contributed by atoms with Crippen LogP contribution in [0.3, 0.4) is 0 Å². The molecule has 114 valence electrons. The normalized spacial score (nSPS) is 10.3. The summed E-state index contributed by atoms with van der Waals surface area (Å²) < 4.78 is 0. The number of benzene rings is 1. The molecule has 22 heavy (non-hydrogen) atoms. The molecule has 0 aliphatic carbocycles. The maximum atomic E-state index is 12.1. The first-order valence-corrected chi connectivity index (χ1v) is 6.78. The summed E-state index contributed by atoms with van der Waals surface area (Å²) >= 11 is 1.22. The second kappa shape index (κ2) is 5.85. The lowest BCUT2D eigenvalue weighted by molar-refractivity contribution is -0.395. The van der Waals surface area contributed by atoms with Gasteiger partial charge >= 0.3 is 0 Å². The third-order valence-corrected chi connectivity index (χ3v) is 3.68. The standard InChI is InChI=1S/C12H10N4O5S/c1-6-5-13-12(22-6)14-11(17)8-3-9(15(18)19)7(2)10(4-8)16(20)21/h3-5H,1-2H3,(H,13,14,17). The lowest BCUT2D eigenvalue weighted by Gasteiger charge is -2.04. The van der Waals surface area contributed by atoms with E-state index in [9.17, 15) is 25.0 Å². The van der Waals surface area contributed by atoms with E-state index in [2.05, 4.69) is 10.3 Å². The van der Waals surface area contributed by atoms with Gasteiger partial charge in [0, 0.05) is 23.2 Å². The second-order valence-electron chi connectivity index (χ2n) is 4.38. The zero-order valence-corrected chi connectivity index (χ0v) is 12.3. The Morgan fingerprint density at radius 1 is 1.18 bits per heavy atom. The first-order chi connectivity index (χ1) is 10.3. The van der Waals surface area contributed by atoms with E-state index in [4.69, 9.17) is 0 Å². The fourth-order valence-corrected chi connectivity index (χ4v) is 2.44. The molecule has 1 aromatic carbocycles. The van der Waals surface area contributed by atoms with Gasteiger partial charge in [-0.15, -0.1) is 11.3 Å². The smallest absolute Gasteiger partial charge is 0.279 e. The predicted octanol–water partition coefficient (Wildman–Crippen LogP) is 2.83. The van der Waals surface area contributed by atoms with E-state index in [1.807, 2.05) is 0 Å². The van der Waals surface area contributed by atoms with Crippen LogP contribution < -0.4 is 5.32 Å². The third-order valence-electron chi connectivity index (χ3n) is 2.85. The number of nitrogens with one attached hydrogen (secondary N) is 1. The molecule has 1 aromatic heterocycles. The monoisotopic (exact) mass is 322 g/mol. The number of nitro benzene ring substituents is 2. The number of nitro groups is 2. The Labute approximate surface area is 127 Å². The van der Waals surface area contributed by atoms with E-state index < -0.39 is 27.1 Å². The number of amides is 1. The van der Waals surface area contributed by atoms with Gasteiger partial charge in [0.25, 0.3) is 17.3 Å². The van der Waals surface area contributed by atoms with Gasteiger partial charge in [-0.3, -0.25) is 30.3 Å². The average Bonchev–Trinajstić information content (AvgIpc) is 2.83. The highest BCUT2D eigenvalue weighted by Gasteiger charge is 2.25. The molecular weight excluding hydrogens is 312 g/mol. The molecule has 0 saturated carbocycles. The number of hydrogen-bond donors (Lipinski definition) is 1. The molecule has 9 nitrogen and oxygen atoms in total. The summed E-state index contributed by atoms with van der Waals surface area (Å²) in [5.74, 6) is -0.694. The van der Waals surface area contributed by atoms with Gasteiger partial charge in [-0.1, -0.05) is 0 Å². The molecule has 0 spiro atoms. The molecule has 0 unspecified atom stereocenters. The van der Waals surface area contributed by atoms with Crippen LogP contribution in [-0.4, -0.2) is 20.7 Å². The molecule has 10 heteroatoms. The van der Waals surface area contributed by atoms with Crippen LogP contribution in [-0.2, 0) is 0 Å². The highest BCUT2D eigenvalue weighted by molar-refractivity contribution is 7.15. The molecule has 1 amide bonds. The summed E-state index contributed by atoms with van der Waals surface area (Å²) in [6.07, 6.45) is 1.56. The molecule has 0 saturated heterocycles. The Hall–Kier alpha value is -2.88. The van der Waals surface area contributed by atoms with Crippen LogP contribution in [0.25, 0.3) is 0 Å². The minimum atomic E-state index is -0.757. The van der Waals surface area contributed by atoms with Crippen molar-refractivity contribution in [3.8, 4) is 0 Å². The molecule has 1 N–H and O–H groups in total. The molecule has 0 aliphatic rings. The Bertz CT molecular complexity index is 751. The lowest BCUT2D eigenvalue weighted by Crippen LogP contribution is -2.13. The van der Waals surface area contributed by atoms with Gasteiger partial charge < -0.3 is 0 Å². The number of aryl methyl sites for hydroxylation is 1. The van der Waals surface area contributed by atoms with Crippen LogP contribution in [0.5, 0.6) is 0 Å². The Kier molecular flexibility index (Phi) is 4.13. The van der Waals surface area contributed by atoms with Crippen molar-refractivity contribution in [1.82, 2.24) is 4.98 Å². The van der Waals surface area contributed by atoms with E-state index in [1.165, 1.54) is 18.3 Å². The summed E-state index contributed by atoms with van der Waals surface area (Å²) in [5, 5.41) is 24.7. The predicted molar refractivity (Wildman–Crippen MR) is 79.3 cm³/mol. The van der Waals surface area contributed by atoms with Crippen molar-refractivity contribution in [1.29, 1.82) is 0 Å². The fraction of sp³-hybridized carbons (Fsp3) is 0.167. The van der Waals surface area contributed by atoms with Crippen molar-refractivity contribution in [2.24, 2.45) is 0 Å². The molecule has 1 heterocycles. The zero-order valence-electron chi connectivity index (χ0n) is 11.5. The van der Waals surface area contributed by atoms with Crippen molar-refractivity contribution in [2.75, 3.05) is 5.32 Å². The number of carbonyl (C=O) groups excluding carboxylic acids is 1. The minimum Gasteiger partial charge on any atom is -0.298 e. The van der Waals surface area contributed by atoms with Gasteiger partial charge in [-0.25, -0.2) is 4.98 Å². The maximum Gasteiger partial charge on any atom is 0.279 e. The Balaban J connectivity index is 2.43. The van der Waals surface area contributed by atoms with Crippen LogP contribution in [0.1, 0.15) is 20.8 Å². The highest BCUT2D eigenvalue weighted by Crippen LogP contribution is 2.30. The number of thiazole rings is 1. The van der Waals surface area contributed by atoms with Crippen molar-refractivity contribution < 1.29 is 14.6 Å². The molecular formula is C12H10N4O5S. The molecule has 0 atom stereocenters. The lowest BCUT2D eigenvalue weighted by atomic mass is 10.1.